The molecule has 1 aliphatic heterocycles. The number of aromatic nitrogens is 3. The molecule has 2 heterocycles. The van der Waals surface area contributed by atoms with Gasteiger partial charge in [-0.15, -0.1) is 10.2 Å². The standard InChI is InChI=1S/C28H35ClN4O9S/c1-15(34)30-24-26(41-18(4)37)25(40-17(3)36)22(13-38-16(2)35)42-27(24)43-28-32-31-23(33(28)20-7-5-6-8-20)14-39-21-11-9-19(29)10-12-21/h9-12,20,22,24-27H,5-8,13-14H2,1-4H3,(H,30,34)/t22-,24-,25-,26-,27+/m1/s1. The molecule has 1 aromatic carbocycles. The molecule has 2 aromatic rings. The smallest absolute Gasteiger partial charge is 0.303 e. The highest BCUT2D eigenvalue weighted by atomic mass is 35.5. The molecule has 4 rings (SSSR count). The highest BCUT2D eigenvalue weighted by Gasteiger charge is 2.51. The van der Waals surface area contributed by atoms with Gasteiger partial charge in [0.25, 0.3) is 0 Å². The first-order valence-electron chi connectivity index (χ1n) is 13.9. The second-order valence-corrected chi connectivity index (χ2v) is 11.8. The first-order chi connectivity index (χ1) is 20.5. The van der Waals surface area contributed by atoms with Gasteiger partial charge in [0.15, 0.2) is 23.2 Å². The lowest BCUT2D eigenvalue weighted by atomic mass is 9.97. The van der Waals surface area contributed by atoms with Crippen molar-refractivity contribution in [2.45, 2.75) is 101 Å². The van der Waals surface area contributed by atoms with Gasteiger partial charge in [0.05, 0.1) is 0 Å². The van der Waals surface area contributed by atoms with Crippen molar-refractivity contribution in [3.8, 4) is 5.75 Å². The van der Waals surface area contributed by atoms with E-state index in [1.807, 2.05) is 4.57 Å². The van der Waals surface area contributed by atoms with Crippen LogP contribution in [-0.4, -0.2) is 75.0 Å². The van der Waals surface area contributed by atoms with Crippen molar-refractivity contribution in [2.75, 3.05) is 6.61 Å². The van der Waals surface area contributed by atoms with Crippen LogP contribution in [0.15, 0.2) is 29.4 Å². The molecule has 1 aliphatic carbocycles. The maximum Gasteiger partial charge on any atom is 0.303 e. The highest BCUT2D eigenvalue weighted by Crippen LogP contribution is 2.39. The molecule has 2 fully saturated rings. The van der Waals surface area contributed by atoms with Gasteiger partial charge >= 0.3 is 17.9 Å². The van der Waals surface area contributed by atoms with E-state index >= 15 is 0 Å². The fourth-order valence-electron chi connectivity index (χ4n) is 5.19. The first-order valence-corrected chi connectivity index (χ1v) is 15.2. The van der Waals surface area contributed by atoms with Gasteiger partial charge in [-0.2, -0.15) is 0 Å². The molecule has 15 heteroatoms. The van der Waals surface area contributed by atoms with Crippen LogP contribution in [-0.2, 0) is 44.7 Å². The minimum Gasteiger partial charge on any atom is -0.486 e. The predicted molar refractivity (Wildman–Crippen MR) is 153 cm³/mol. The lowest BCUT2D eigenvalue weighted by molar-refractivity contribution is -0.211. The summed E-state index contributed by atoms with van der Waals surface area (Å²) in [5.74, 6) is -1.11. The van der Waals surface area contributed by atoms with E-state index in [4.69, 9.17) is 35.3 Å². The Morgan fingerprint density at radius 3 is 2.23 bits per heavy atom. The molecule has 1 amide bonds. The third-order valence-corrected chi connectivity index (χ3v) is 8.28. The molecule has 13 nitrogen and oxygen atoms in total. The van der Waals surface area contributed by atoms with Crippen molar-refractivity contribution in [1.29, 1.82) is 0 Å². The number of esters is 3. The van der Waals surface area contributed by atoms with Crippen molar-refractivity contribution in [1.82, 2.24) is 20.1 Å². The summed E-state index contributed by atoms with van der Waals surface area (Å²) in [7, 11) is 0. The zero-order valence-corrected chi connectivity index (χ0v) is 25.9. The van der Waals surface area contributed by atoms with Crippen LogP contribution in [0.5, 0.6) is 5.75 Å². The quantitative estimate of drug-likeness (QED) is 0.283. The molecule has 0 bridgehead atoms. The van der Waals surface area contributed by atoms with Gasteiger partial charge in [0.1, 0.15) is 36.5 Å². The Labute approximate surface area is 258 Å². The number of carbonyl (C=O) groups is 4. The summed E-state index contributed by atoms with van der Waals surface area (Å²) < 4.78 is 30.6. The zero-order valence-electron chi connectivity index (χ0n) is 24.3. The first kappa shape index (κ1) is 32.6. The average molecular weight is 639 g/mol. The van der Waals surface area contributed by atoms with Gasteiger partial charge in [-0.1, -0.05) is 36.2 Å². The summed E-state index contributed by atoms with van der Waals surface area (Å²) in [5.41, 5.74) is -0.907. The van der Waals surface area contributed by atoms with E-state index in [2.05, 4.69) is 15.5 Å². The van der Waals surface area contributed by atoms with Crippen LogP contribution < -0.4 is 10.1 Å². The second kappa shape index (κ2) is 14.9. The molecule has 0 radical (unpaired) electrons. The number of nitrogens with one attached hydrogen (secondary N) is 1. The van der Waals surface area contributed by atoms with Gasteiger partial charge < -0.3 is 29.0 Å². The third-order valence-electron chi connectivity index (χ3n) is 6.90. The lowest BCUT2D eigenvalue weighted by Gasteiger charge is -2.44. The SMILES string of the molecule is CC(=O)N[C@@H]1[C@@H](OC(C)=O)[C@H](OC(C)=O)[C@@H](COC(C)=O)O[C@H]1Sc1nnc(COc2ccc(Cl)cc2)n1C1CCCC1. The number of rotatable bonds is 11. The van der Waals surface area contributed by atoms with Gasteiger partial charge in [-0.3, -0.25) is 23.7 Å². The van der Waals surface area contributed by atoms with E-state index in [1.165, 1.54) is 39.5 Å². The topological polar surface area (TPSA) is 157 Å². The normalized spacial score (nSPS) is 23.8. The number of amides is 1. The fourth-order valence-corrected chi connectivity index (χ4v) is 6.55. The average Bonchev–Trinajstić information content (AvgIpc) is 3.59. The highest BCUT2D eigenvalue weighted by molar-refractivity contribution is 7.99. The van der Waals surface area contributed by atoms with Crippen molar-refractivity contribution in [3.63, 3.8) is 0 Å². The number of nitrogens with zero attached hydrogens (tertiary/aromatic N) is 3. The Morgan fingerprint density at radius 2 is 1.63 bits per heavy atom. The van der Waals surface area contributed by atoms with Crippen LogP contribution in [0.25, 0.3) is 0 Å². The molecule has 1 saturated carbocycles. The molecular weight excluding hydrogens is 604 g/mol. The number of hydrogen-bond donors (Lipinski definition) is 1. The number of thioether (sulfide) groups is 1. The number of ether oxygens (including phenoxy) is 5. The molecule has 1 aromatic heterocycles. The Kier molecular flexibility index (Phi) is 11.3. The Bertz CT molecular complexity index is 1300. The predicted octanol–water partition coefficient (Wildman–Crippen LogP) is 3.37. The Balaban J connectivity index is 1.68. The number of benzene rings is 1. The molecule has 1 saturated heterocycles. The maximum atomic E-state index is 12.3. The molecule has 2 aliphatic rings. The van der Waals surface area contributed by atoms with Crippen LogP contribution in [0.3, 0.4) is 0 Å². The molecule has 0 unspecified atom stereocenters. The Hall–Kier alpha value is -3.36. The molecule has 234 valence electrons. The fraction of sp³-hybridized carbons (Fsp3) is 0.571. The van der Waals surface area contributed by atoms with Crippen LogP contribution in [0, 0.1) is 0 Å². The van der Waals surface area contributed by atoms with E-state index in [-0.39, 0.29) is 19.3 Å². The summed E-state index contributed by atoms with van der Waals surface area (Å²) in [5, 5.41) is 12.8. The second-order valence-electron chi connectivity index (χ2n) is 10.3. The summed E-state index contributed by atoms with van der Waals surface area (Å²) >= 11 is 7.17. The zero-order chi connectivity index (χ0) is 31.1. The van der Waals surface area contributed by atoms with Crippen LogP contribution >= 0.6 is 23.4 Å². The van der Waals surface area contributed by atoms with Crippen molar-refractivity contribution in [3.05, 3.63) is 35.1 Å². The van der Waals surface area contributed by atoms with Gasteiger partial charge in [-0.05, 0) is 37.1 Å². The molecule has 0 spiro atoms. The number of halogens is 1. The van der Waals surface area contributed by atoms with Crippen molar-refractivity contribution in [2.24, 2.45) is 0 Å². The summed E-state index contributed by atoms with van der Waals surface area (Å²) in [4.78, 5) is 48.2. The summed E-state index contributed by atoms with van der Waals surface area (Å²) in [6.07, 6.45) is 0.567. The van der Waals surface area contributed by atoms with E-state index < -0.39 is 53.6 Å². The Morgan fingerprint density at radius 1 is 0.977 bits per heavy atom. The molecule has 1 N–H and O–H groups in total. The third kappa shape index (κ3) is 8.83. The summed E-state index contributed by atoms with van der Waals surface area (Å²) in [6, 6.07) is 6.14. The van der Waals surface area contributed by atoms with E-state index in [1.54, 1.807) is 24.3 Å². The van der Waals surface area contributed by atoms with Gasteiger partial charge in [0, 0.05) is 38.8 Å². The molecule has 43 heavy (non-hydrogen) atoms. The van der Waals surface area contributed by atoms with Gasteiger partial charge in [0.2, 0.25) is 5.91 Å². The maximum absolute atomic E-state index is 12.3. The van der Waals surface area contributed by atoms with Crippen LogP contribution in [0.1, 0.15) is 65.2 Å². The summed E-state index contributed by atoms with van der Waals surface area (Å²) in [6.45, 7) is 4.80. The van der Waals surface area contributed by atoms with Crippen molar-refractivity contribution < 1.29 is 42.9 Å². The lowest BCUT2D eigenvalue weighted by Crippen LogP contribution is -2.65. The van der Waals surface area contributed by atoms with Gasteiger partial charge in [-0.25, -0.2) is 0 Å². The van der Waals surface area contributed by atoms with Crippen molar-refractivity contribution >= 4 is 47.2 Å². The van der Waals surface area contributed by atoms with E-state index in [0.29, 0.717) is 21.8 Å². The minimum atomic E-state index is -1.18. The van der Waals surface area contributed by atoms with E-state index in [0.717, 1.165) is 25.7 Å². The van der Waals surface area contributed by atoms with E-state index in [9.17, 15) is 19.2 Å². The molecular formula is C28H35ClN4O9S. The largest absolute Gasteiger partial charge is 0.486 e. The van der Waals surface area contributed by atoms with Crippen LogP contribution in [0.4, 0.5) is 0 Å². The monoisotopic (exact) mass is 638 g/mol. The number of hydrogen-bond acceptors (Lipinski definition) is 12. The van der Waals surface area contributed by atoms with Crippen LogP contribution in [0.2, 0.25) is 5.02 Å². The number of carbonyl (C=O) groups excluding carboxylic acids is 4. The minimum absolute atomic E-state index is 0.110. The molecule has 5 atom stereocenters.